The molecular weight excluding hydrogens is 326 g/mol. The number of hydrogen-bond donors (Lipinski definition) is 5. The highest BCUT2D eigenvalue weighted by Crippen LogP contribution is 2.16. The quantitative estimate of drug-likeness (QED) is 0.447. The molecule has 1 fully saturated rings. The Kier molecular flexibility index (Phi) is 6.76. The molecule has 1 aliphatic rings. The average molecular weight is 349 g/mol. The summed E-state index contributed by atoms with van der Waals surface area (Å²) in [6.07, 6.45) is -0.126. The van der Waals surface area contributed by atoms with E-state index in [9.17, 15) is 19.5 Å². The molecule has 2 rings (SSSR count). The Morgan fingerprint density at radius 2 is 1.96 bits per heavy atom. The summed E-state index contributed by atoms with van der Waals surface area (Å²) in [5.74, 6) is -0.863. The SMILES string of the molecule is O=C(O)N[C@@H](Cc1ccccc1)C(=O)N[C@H](CO)CC1CCNC1=O. The summed E-state index contributed by atoms with van der Waals surface area (Å²) in [5, 5.41) is 26.0. The van der Waals surface area contributed by atoms with Crippen LogP contribution in [0.4, 0.5) is 4.79 Å². The Hall–Kier alpha value is -2.61. The van der Waals surface area contributed by atoms with Crippen LogP contribution >= 0.6 is 0 Å². The predicted octanol–water partition coefficient (Wildman–Crippen LogP) is -0.131. The largest absolute Gasteiger partial charge is 0.465 e. The molecule has 1 aromatic carbocycles. The zero-order chi connectivity index (χ0) is 18.2. The highest BCUT2D eigenvalue weighted by Gasteiger charge is 2.29. The van der Waals surface area contributed by atoms with Gasteiger partial charge in [-0.15, -0.1) is 0 Å². The van der Waals surface area contributed by atoms with Crippen molar-refractivity contribution in [3.63, 3.8) is 0 Å². The molecule has 0 spiro atoms. The standard InChI is InChI=1S/C17H23N3O5/c21-10-13(9-12-6-7-18-15(12)22)19-16(23)14(20-17(24)25)8-11-4-2-1-3-5-11/h1-5,12-14,20-21H,6-10H2,(H,18,22)(H,19,23)(H,24,25)/t12?,13-,14-/m0/s1. The van der Waals surface area contributed by atoms with Gasteiger partial charge in [-0.2, -0.15) is 0 Å². The smallest absolute Gasteiger partial charge is 0.405 e. The van der Waals surface area contributed by atoms with E-state index in [1.54, 1.807) is 24.3 Å². The lowest BCUT2D eigenvalue weighted by molar-refractivity contribution is -0.126. The van der Waals surface area contributed by atoms with Crippen molar-refractivity contribution in [2.75, 3.05) is 13.2 Å². The average Bonchev–Trinajstić information content (AvgIpc) is 2.99. The summed E-state index contributed by atoms with van der Waals surface area (Å²) >= 11 is 0. The van der Waals surface area contributed by atoms with Gasteiger partial charge in [0.1, 0.15) is 6.04 Å². The molecule has 0 radical (unpaired) electrons. The van der Waals surface area contributed by atoms with Crippen molar-refractivity contribution in [2.45, 2.75) is 31.3 Å². The number of nitrogens with one attached hydrogen (secondary N) is 3. The highest BCUT2D eigenvalue weighted by molar-refractivity contribution is 5.86. The van der Waals surface area contributed by atoms with Gasteiger partial charge in [0.05, 0.1) is 12.6 Å². The fourth-order valence-electron chi connectivity index (χ4n) is 2.90. The van der Waals surface area contributed by atoms with Crippen LogP contribution in [0.3, 0.4) is 0 Å². The lowest BCUT2D eigenvalue weighted by Gasteiger charge is -2.23. The molecule has 1 aliphatic heterocycles. The van der Waals surface area contributed by atoms with Gasteiger partial charge in [0.25, 0.3) is 0 Å². The fraction of sp³-hybridized carbons (Fsp3) is 0.471. The zero-order valence-corrected chi connectivity index (χ0v) is 13.8. The third-order valence-electron chi connectivity index (χ3n) is 4.20. The van der Waals surface area contributed by atoms with Gasteiger partial charge in [-0.25, -0.2) is 4.79 Å². The van der Waals surface area contributed by atoms with Gasteiger partial charge in [-0.1, -0.05) is 30.3 Å². The number of aliphatic hydroxyl groups excluding tert-OH is 1. The van der Waals surface area contributed by atoms with Crippen molar-refractivity contribution in [1.29, 1.82) is 0 Å². The molecule has 1 aromatic rings. The zero-order valence-electron chi connectivity index (χ0n) is 13.8. The van der Waals surface area contributed by atoms with Crippen LogP contribution in [0.25, 0.3) is 0 Å². The maximum absolute atomic E-state index is 12.5. The van der Waals surface area contributed by atoms with E-state index in [-0.39, 0.29) is 24.9 Å². The Morgan fingerprint density at radius 1 is 1.24 bits per heavy atom. The van der Waals surface area contributed by atoms with Gasteiger partial charge in [0.2, 0.25) is 11.8 Å². The Balaban J connectivity index is 1.98. The van der Waals surface area contributed by atoms with E-state index in [1.165, 1.54) is 0 Å². The molecule has 25 heavy (non-hydrogen) atoms. The van der Waals surface area contributed by atoms with E-state index in [2.05, 4.69) is 16.0 Å². The van der Waals surface area contributed by atoms with Gasteiger partial charge >= 0.3 is 6.09 Å². The van der Waals surface area contributed by atoms with Gasteiger partial charge in [-0.3, -0.25) is 9.59 Å². The third kappa shape index (κ3) is 5.75. The molecule has 3 amide bonds. The molecule has 3 atom stereocenters. The number of aliphatic hydroxyl groups is 1. The molecule has 5 N–H and O–H groups in total. The molecule has 1 saturated heterocycles. The lowest BCUT2D eigenvalue weighted by atomic mass is 9.98. The van der Waals surface area contributed by atoms with Crippen LogP contribution in [0.1, 0.15) is 18.4 Å². The monoisotopic (exact) mass is 349 g/mol. The molecule has 0 saturated carbocycles. The van der Waals surface area contributed by atoms with Crippen LogP contribution in [0.15, 0.2) is 30.3 Å². The molecule has 8 nitrogen and oxygen atoms in total. The van der Waals surface area contributed by atoms with Crippen LogP contribution in [-0.4, -0.2) is 53.4 Å². The van der Waals surface area contributed by atoms with Gasteiger partial charge in [0.15, 0.2) is 0 Å². The number of carbonyl (C=O) groups excluding carboxylic acids is 2. The Labute approximate surface area is 145 Å². The van der Waals surface area contributed by atoms with E-state index in [1.807, 2.05) is 6.07 Å². The minimum atomic E-state index is -1.30. The maximum Gasteiger partial charge on any atom is 0.405 e. The summed E-state index contributed by atoms with van der Waals surface area (Å²) in [4.78, 5) is 35.1. The first-order chi connectivity index (χ1) is 12.0. The molecule has 0 aliphatic carbocycles. The topological polar surface area (TPSA) is 128 Å². The first kappa shape index (κ1) is 18.7. The van der Waals surface area contributed by atoms with Crippen molar-refractivity contribution < 1.29 is 24.6 Å². The van der Waals surface area contributed by atoms with Crippen LogP contribution < -0.4 is 16.0 Å². The summed E-state index contributed by atoms with van der Waals surface area (Å²) in [6.45, 7) is 0.271. The van der Waals surface area contributed by atoms with Crippen molar-refractivity contribution in [3.8, 4) is 0 Å². The second-order valence-corrected chi connectivity index (χ2v) is 6.09. The van der Waals surface area contributed by atoms with E-state index in [0.717, 1.165) is 5.56 Å². The van der Waals surface area contributed by atoms with Crippen LogP contribution in [-0.2, 0) is 16.0 Å². The van der Waals surface area contributed by atoms with Crippen molar-refractivity contribution in [3.05, 3.63) is 35.9 Å². The van der Waals surface area contributed by atoms with Crippen LogP contribution in [0, 0.1) is 5.92 Å². The molecule has 0 bridgehead atoms. The molecule has 1 unspecified atom stereocenters. The number of benzene rings is 1. The van der Waals surface area contributed by atoms with Gasteiger partial charge in [0, 0.05) is 18.9 Å². The van der Waals surface area contributed by atoms with E-state index in [0.29, 0.717) is 19.4 Å². The third-order valence-corrected chi connectivity index (χ3v) is 4.20. The molecular formula is C17H23N3O5. The molecule has 8 heteroatoms. The second kappa shape index (κ2) is 9.03. The summed E-state index contributed by atoms with van der Waals surface area (Å²) < 4.78 is 0. The summed E-state index contributed by atoms with van der Waals surface area (Å²) in [7, 11) is 0. The maximum atomic E-state index is 12.5. The summed E-state index contributed by atoms with van der Waals surface area (Å²) in [6, 6.07) is 7.46. The normalized spacial score (nSPS) is 18.9. The number of amides is 3. The fourth-order valence-corrected chi connectivity index (χ4v) is 2.90. The highest BCUT2D eigenvalue weighted by atomic mass is 16.4. The van der Waals surface area contributed by atoms with Crippen molar-refractivity contribution in [1.82, 2.24) is 16.0 Å². The number of rotatable bonds is 8. The molecule has 136 valence electrons. The summed E-state index contributed by atoms with van der Waals surface area (Å²) in [5.41, 5.74) is 0.812. The van der Waals surface area contributed by atoms with Gasteiger partial charge < -0.3 is 26.2 Å². The number of hydrogen-bond acceptors (Lipinski definition) is 4. The van der Waals surface area contributed by atoms with E-state index < -0.39 is 24.1 Å². The van der Waals surface area contributed by atoms with Crippen molar-refractivity contribution >= 4 is 17.9 Å². The first-order valence-electron chi connectivity index (χ1n) is 8.22. The first-order valence-corrected chi connectivity index (χ1v) is 8.22. The minimum Gasteiger partial charge on any atom is -0.465 e. The van der Waals surface area contributed by atoms with E-state index >= 15 is 0 Å². The Bertz CT molecular complexity index is 608. The second-order valence-electron chi connectivity index (χ2n) is 6.09. The predicted molar refractivity (Wildman–Crippen MR) is 89.8 cm³/mol. The number of carboxylic acid groups (broad SMARTS) is 1. The van der Waals surface area contributed by atoms with E-state index in [4.69, 9.17) is 5.11 Å². The van der Waals surface area contributed by atoms with Crippen molar-refractivity contribution in [2.24, 2.45) is 5.92 Å². The lowest BCUT2D eigenvalue weighted by Crippen LogP contribution is -2.51. The minimum absolute atomic E-state index is 0.0859. The van der Waals surface area contributed by atoms with Crippen LogP contribution in [0.5, 0.6) is 0 Å². The Morgan fingerprint density at radius 3 is 2.52 bits per heavy atom. The molecule has 1 heterocycles. The number of carbonyl (C=O) groups is 3. The van der Waals surface area contributed by atoms with Gasteiger partial charge in [-0.05, 0) is 18.4 Å². The van der Waals surface area contributed by atoms with Crippen LogP contribution in [0.2, 0.25) is 0 Å². The molecule has 0 aromatic heterocycles.